The lowest BCUT2D eigenvalue weighted by Gasteiger charge is -2.11. The van der Waals surface area contributed by atoms with E-state index in [0.717, 1.165) is 21.2 Å². The Labute approximate surface area is 164 Å². The first-order valence-corrected chi connectivity index (χ1v) is 10.00. The van der Waals surface area contributed by atoms with E-state index in [0.29, 0.717) is 17.0 Å². The van der Waals surface area contributed by atoms with Gasteiger partial charge in [0.15, 0.2) is 0 Å². The van der Waals surface area contributed by atoms with E-state index in [9.17, 15) is 14.9 Å². The Morgan fingerprint density at radius 3 is 2.74 bits per heavy atom. The van der Waals surface area contributed by atoms with Crippen LogP contribution in [0.2, 0.25) is 0 Å². The lowest BCUT2D eigenvalue weighted by atomic mass is 10.1. The van der Waals surface area contributed by atoms with Crippen LogP contribution >= 0.6 is 23.1 Å². The molecule has 1 heterocycles. The number of hydrogen-bond donors (Lipinski definition) is 1. The molecule has 6 nitrogen and oxygen atoms in total. The number of hydrogen-bond acceptors (Lipinski definition) is 6. The molecule has 0 bridgehead atoms. The number of anilines is 1. The number of benzene rings is 2. The van der Waals surface area contributed by atoms with Gasteiger partial charge in [-0.1, -0.05) is 18.2 Å². The van der Waals surface area contributed by atoms with Crippen LogP contribution in [0.1, 0.15) is 26.6 Å². The predicted octanol–water partition coefficient (Wildman–Crippen LogP) is 5.21. The van der Waals surface area contributed by atoms with Crippen LogP contribution in [0.3, 0.4) is 0 Å². The van der Waals surface area contributed by atoms with E-state index in [4.69, 9.17) is 0 Å². The van der Waals surface area contributed by atoms with Crippen molar-refractivity contribution in [2.75, 3.05) is 5.32 Å². The maximum absolute atomic E-state index is 12.8. The first-order valence-electron chi connectivity index (χ1n) is 8.13. The largest absolute Gasteiger partial charge is 0.321 e. The summed E-state index contributed by atoms with van der Waals surface area (Å²) in [4.78, 5) is 28.6. The first kappa shape index (κ1) is 19.1. The van der Waals surface area contributed by atoms with Gasteiger partial charge in [-0.25, -0.2) is 4.98 Å². The molecule has 0 fully saturated rings. The third-order valence-electron chi connectivity index (χ3n) is 3.85. The van der Waals surface area contributed by atoms with Crippen molar-refractivity contribution in [1.29, 1.82) is 0 Å². The molecule has 0 aliphatic rings. The molecule has 0 unspecified atom stereocenters. The topological polar surface area (TPSA) is 85.1 Å². The molecule has 0 radical (unpaired) electrons. The summed E-state index contributed by atoms with van der Waals surface area (Å²) >= 11 is 3.14. The number of nitro groups is 1. The average Bonchev–Trinajstić information content (AvgIpc) is 3.07. The normalized spacial score (nSPS) is 10.6. The van der Waals surface area contributed by atoms with Crippen molar-refractivity contribution in [3.05, 3.63) is 79.8 Å². The molecule has 2 aromatic carbocycles. The van der Waals surface area contributed by atoms with Crippen LogP contribution < -0.4 is 5.32 Å². The molecule has 3 rings (SSSR count). The fourth-order valence-corrected chi connectivity index (χ4v) is 4.11. The number of carbonyl (C=O) groups is 1. The molecule has 1 aromatic heterocycles. The van der Waals surface area contributed by atoms with Crippen molar-refractivity contribution in [1.82, 2.24) is 4.98 Å². The number of aryl methyl sites for hydroxylation is 2. The van der Waals surface area contributed by atoms with Gasteiger partial charge in [0.1, 0.15) is 0 Å². The van der Waals surface area contributed by atoms with Gasteiger partial charge >= 0.3 is 0 Å². The van der Waals surface area contributed by atoms with Gasteiger partial charge in [0.05, 0.1) is 26.9 Å². The number of nitrogens with one attached hydrogen (secondary N) is 1. The summed E-state index contributed by atoms with van der Waals surface area (Å²) in [5.74, 6) is 0.376. The van der Waals surface area contributed by atoms with Crippen LogP contribution in [-0.2, 0) is 5.75 Å². The smallest absolute Gasteiger partial charge is 0.271 e. The van der Waals surface area contributed by atoms with Crippen molar-refractivity contribution < 1.29 is 9.72 Å². The van der Waals surface area contributed by atoms with Gasteiger partial charge in [-0.05, 0) is 31.5 Å². The molecule has 0 saturated carbocycles. The summed E-state index contributed by atoms with van der Waals surface area (Å²) in [5, 5.41) is 16.8. The Bertz CT molecular complexity index is 1000. The van der Waals surface area contributed by atoms with E-state index in [-0.39, 0.29) is 11.6 Å². The Kier molecular flexibility index (Phi) is 5.88. The average molecular weight is 399 g/mol. The molecule has 0 spiro atoms. The number of rotatable bonds is 6. The van der Waals surface area contributed by atoms with Gasteiger partial charge in [-0.2, -0.15) is 0 Å². The second-order valence-corrected chi connectivity index (χ2v) is 7.93. The summed E-state index contributed by atoms with van der Waals surface area (Å²) in [6.45, 7) is 3.76. The first-order chi connectivity index (χ1) is 12.9. The Hall–Kier alpha value is -2.71. The van der Waals surface area contributed by atoms with Gasteiger partial charge < -0.3 is 5.32 Å². The van der Waals surface area contributed by atoms with Gasteiger partial charge in [-0.3, -0.25) is 14.9 Å². The number of thiazole rings is 1. The quantitative estimate of drug-likeness (QED) is 0.349. The van der Waals surface area contributed by atoms with E-state index in [1.165, 1.54) is 23.9 Å². The third-order valence-corrected chi connectivity index (χ3v) is 5.78. The second-order valence-electron chi connectivity index (χ2n) is 5.85. The van der Waals surface area contributed by atoms with Crippen molar-refractivity contribution >= 4 is 40.4 Å². The van der Waals surface area contributed by atoms with Crippen LogP contribution in [0.4, 0.5) is 11.4 Å². The molecule has 0 atom stereocenters. The molecule has 0 saturated heterocycles. The fraction of sp³-hybridized carbons (Fsp3) is 0.158. The summed E-state index contributed by atoms with van der Waals surface area (Å²) in [6, 6.07) is 11.7. The Balaban J connectivity index is 1.79. The van der Waals surface area contributed by atoms with Crippen molar-refractivity contribution in [3.63, 3.8) is 0 Å². The number of non-ortho nitro benzene ring substituents is 1. The minimum atomic E-state index is -0.477. The second kappa shape index (κ2) is 8.32. The Morgan fingerprint density at radius 2 is 2.04 bits per heavy atom. The highest BCUT2D eigenvalue weighted by molar-refractivity contribution is 7.98. The monoisotopic (exact) mass is 399 g/mol. The van der Waals surface area contributed by atoms with E-state index in [1.54, 1.807) is 36.5 Å². The highest BCUT2D eigenvalue weighted by Gasteiger charge is 2.15. The highest BCUT2D eigenvalue weighted by Crippen LogP contribution is 2.28. The standard InChI is InChI=1S/C19H17N3O3S2/c1-12-7-8-15(22(24)25)9-17(12)21-19(23)16-5-3-4-6-18(16)27-11-14-10-26-13(2)20-14/h3-10H,11H2,1-2H3,(H,21,23). The summed E-state index contributed by atoms with van der Waals surface area (Å²) < 4.78 is 0. The number of amides is 1. The lowest BCUT2D eigenvalue weighted by Crippen LogP contribution is -2.14. The van der Waals surface area contributed by atoms with E-state index in [1.807, 2.05) is 24.4 Å². The molecule has 3 aromatic rings. The van der Waals surface area contributed by atoms with Gasteiger partial charge in [0, 0.05) is 28.2 Å². The summed E-state index contributed by atoms with van der Waals surface area (Å²) in [6.07, 6.45) is 0. The zero-order valence-electron chi connectivity index (χ0n) is 14.8. The van der Waals surface area contributed by atoms with Gasteiger partial charge in [0.25, 0.3) is 11.6 Å². The number of nitro benzene ring substituents is 1. The number of carbonyl (C=O) groups excluding carboxylic acids is 1. The third kappa shape index (κ3) is 4.72. The summed E-state index contributed by atoms with van der Waals surface area (Å²) in [5.41, 5.74) is 2.64. The number of thioether (sulfide) groups is 1. The number of nitrogens with zero attached hydrogens (tertiary/aromatic N) is 2. The zero-order valence-corrected chi connectivity index (χ0v) is 16.4. The lowest BCUT2D eigenvalue weighted by molar-refractivity contribution is -0.384. The van der Waals surface area contributed by atoms with Crippen LogP contribution in [0.25, 0.3) is 0 Å². The maximum Gasteiger partial charge on any atom is 0.271 e. The van der Waals surface area contributed by atoms with Crippen LogP contribution in [0.5, 0.6) is 0 Å². The Morgan fingerprint density at radius 1 is 1.26 bits per heavy atom. The van der Waals surface area contributed by atoms with Crippen LogP contribution in [0, 0.1) is 24.0 Å². The van der Waals surface area contributed by atoms with Crippen molar-refractivity contribution in [3.8, 4) is 0 Å². The molecular weight excluding hydrogens is 382 g/mol. The molecular formula is C19H17N3O3S2. The highest BCUT2D eigenvalue weighted by atomic mass is 32.2. The van der Waals surface area contributed by atoms with E-state index >= 15 is 0 Å². The van der Waals surface area contributed by atoms with Crippen LogP contribution in [0.15, 0.2) is 52.7 Å². The van der Waals surface area contributed by atoms with Gasteiger partial charge in [-0.15, -0.1) is 23.1 Å². The maximum atomic E-state index is 12.8. The molecule has 138 valence electrons. The predicted molar refractivity (Wildman–Crippen MR) is 109 cm³/mol. The SMILES string of the molecule is Cc1nc(CSc2ccccc2C(=O)Nc2cc([N+](=O)[O-])ccc2C)cs1. The van der Waals surface area contributed by atoms with E-state index < -0.39 is 4.92 Å². The summed E-state index contributed by atoms with van der Waals surface area (Å²) in [7, 11) is 0. The number of aromatic nitrogens is 1. The molecule has 0 aliphatic heterocycles. The molecule has 0 aliphatic carbocycles. The van der Waals surface area contributed by atoms with Crippen molar-refractivity contribution in [2.45, 2.75) is 24.5 Å². The molecule has 27 heavy (non-hydrogen) atoms. The molecule has 1 amide bonds. The van der Waals surface area contributed by atoms with Crippen molar-refractivity contribution in [2.24, 2.45) is 0 Å². The van der Waals surface area contributed by atoms with Gasteiger partial charge in [0.2, 0.25) is 0 Å². The molecule has 1 N–H and O–H groups in total. The zero-order chi connectivity index (χ0) is 19.4. The fourth-order valence-electron chi connectivity index (χ4n) is 2.45. The molecule has 8 heteroatoms. The van der Waals surface area contributed by atoms with Crippen LogP contribution in [-0.4, -0.2) is 15.8 Å². The minimum absolute atomic E-state index is 0.0579. The van der Waals surface area contributed by atoms with E-state index in [2.05, 4.69) is 10.3 Å². The minimum Gasteiger partial charge on any atom is -0.321 e.